The second-order valence-electron chi connectivity index (χ2n) is 4.37. The van der Waals surface area contributed by atoms with Gasteiger partial charge >= 0.3 is 0 Å². The Morgan fingerprint density at radius 2 is 1.85 bits per heavy atom. The van der Waals surface area contributed by atoms with Gasteiger partial charge in [-0.1, -0.05) is 45.5 Å². The number of nitrogens with two attached hydrogens (primary N) is 1. The third kappa shape index (κ3) is 5.36. The van der Waals surface area contributed by atoms with E-state index < -0.39 is 0 Å². The number of amidine groups is 1. The van der Waals surface area contributed by atoms with Crippen molar-refractivity contribution in [2.75, 3.05) is 7.05 Å². The molecule has 0 aliphatic heterocycles. The van der Waals surface area contributed by atoms with Gasteiger partial charge in [0.25, 0.3) is 0 Å². The molecular formula is C16H23N3S. The maximum absolute atomic E-state index is 5.56. The highest BCUT2D eigenvalue weighted by Crippen LogP contribution is 2.18. The van der Waals surface area contributed by atoms with E-state index in [0.29, 0.717) is 11.4 Å². The molecule has 0 bridgehead atoms. The van der Waals surface area contributed by atoms with Gasteiger partial charge in [-0.15, -0.1) is 0 Å². The Hall–Kier alpha value is -1.94. The Labute approximate surface area is 127 Å². The average molecular weight is 289 g/mol. The molecular weight excluding hydrogens is 266 g/mol. The second-order valence-corrected chi connectivity index (χ2v) is 4.61. The Morgan fingerprint density at radius 1 is 1.30 bits per heavy atom. The monoisotopic (exact) mass is 289 g/mol. The highest BCUT2D eigenvalue weighted by atomic mass is 32.1. The smallest absolute Gasteiger partial charge is 0.106 e. The van der Waals surface area contributed by atoms with Gasteiger partial charge in [0.1, 0.15) is 5.84 Å². The summed E-state index contributed by atoms with van der Waals surface area (Å²) in [6.45, 7) is 19.2. The lowest BCUT2D eigenvalue weighted by Crippen LogP contribution is -2.25. The standard InChI is InChI=1S/C16H23N3S/c1-8-12(3)16(9-11(2)10-20)19(7)15(6)18-14(5)13(4)17/h9-10H,2-5,8,17H2,1,6-7H3/b16-9-,18-15?. The van der Waals surface area contributed by atoms with E-state index in [2.05, 4.69) is 31.3 Å². The molecule has 0 rings (SSSR count). The molecule has 0 radical (unpaired) electrons. The number of aliphatic imine (C=N–C) groups is 1. The minimum atomic E-state index is 0.348. The van der Waals surface area contributed by atoms with Gasteiger partial charge in [0.2, 0.25) is 0 Å². The Morgan fingerprint density at radius 3 is 2.25 bits per heavy atom. The summed E-state index contributed by atoms with van der Waals surface area (Å²) in [5.74, 6) is 0.736. The van der Waals surface area contributed by atoms with Gasteiger partial charge in [-0.25, -0.2) is 4.99 Å². The lowest BCUT2D eigenvalue weighted by atomic mass is 10.1. The number of allylic oxidation sites excluding steroid dienone is 3. The zero-order valence-corrected chi connectivity index (χ0v) is 13.4. The first-order chi connectivity index (χ1) is 9.24. The molecule has 0 amide bonds. The SMILES string of the molecule is C=C(C=S)/C=C(/C(=C)CC)N(C)C(C)=NC(=C)C(=C)N. The van der Waals surface area contributed by atoms with E-state index in [1.807, 2.05) is 31.9 Å². The molecule has 20 heavy (non-hydrogen) atoms. The van der Waals surface area contributed by atoms with Crippen molar-refractivity contribution in [1.82, 2.24) is 4.90 Å². The van der Waals surface area contributed by atoms with Crippen LogP contribution in [0.2, 0.25) is 0 Å². The van der Waals surface area contributed by atoms with Gasteiger partial charge in [-0.3, -0.25) is 0 Å². The minimum absolute atomic E-state index is 0.348. The van der Waals surface area contributed by atoms with E-state index >= 15 is 0 Å². The van der Waals surface area contributed by atoms with Crippen LogP contribution in [0.3, 0.4) is 0 Å². The Balaban J connectivity index is 5.50. The van der Waals surface area contributed by atoms with Crippen LogP contribution in [0.1, 0.15) is 20.3 Å². The van der Waals surface area contributed by atoms with Crippen molar-refractivity contribution in [3.05, 3.63) is 60.6 Å². The lowest BCUT2D eigenvalue weighted by Gasteiger charge is -2.24. The largest absolute Gasteiger partial charge is 0.397 e. The fourth-order valence-electron chi connectivity index (χ4n) is 1.34. The van der Waals surface area contributed by atoms with Crippen molar-refractivity contribution in [2.24, 2.45) is 10.7 Å². The first-order valence-electron chi connectivity index (χ1n) is 6.21. The topological polar surface area (TPSA) is 41.6 Å². The van der Waals surface area contributed by atoms with Crippen LogP contribution in [-0.4, -0.2) is 23.2 Å². The number of hydrogen-bond donors (Lipinski definition) is 1. The molecule has 2 N–H and O–H groups in total. The summed E-state index contributed by atoms with van der Waals surface area (Å²) in [6, 6.07) is 0. The molecule has 0 saturated heterocycles. The molecule has 0 aromatic rings. The van der Waals surface area contributed by atoms with E-state index in [1.54, 1.807) is 0 Å². The van der Waals surface area contributed by atoms with Crippen molar-refractivity contribution in [1.29, 1.82) is 0 Å². The van der Waals surface area contributed by atoms with Gasteiger partial charge in [0, 0.05) is 23.8 Å². The molecule has 4 heteroatoms. The fraction of sp³-hybridized carbons (Fsp3) is 0.250. The summed E-state index contributed by atoms with van der Waals surface area (Å²) >= 11 is 4.88. The summed E-state index contributed by atoms with van der Waals surface area (Å²) in [5, 5.41) is 1.53. The van der Waals surface area contributed by atoms with Crippen molar-refractivity contribution < 1.29 is 0 Å². The van der Waals surface area contributed by atoms with E-state index in [9.17, 15) is 0 Å². The normalized spacial score (nSPS) is 11.8. The molecule has 3 nitrogen and oxygen atoms in total. The number of hydrogen-bond acceptors (Lipinski definition) is 3. The van der Waals surface area contributed by atoms with E-state index in [0.717, 1.165) is 29.1 Å². The minimum Gasteiger partial charge on any atom is -0.397 e. The van der Waals surface area contributed by atoms with E-state index in [-0.39, 0.29) is 0 Å². The molecule has 0 heterocycles. The maximum atomic E-state index is 5.56. The van der Waals surface area contributed by atoms with Gasteiger partial charge < -0.3 is 10.6 Å². The zero-order valence-electron chi connectivity index (χ0n) is 12.6. The Kier molecular flexibility index (Phi) is 7.47. The third-order valence-corrected chi connectivity index (χ3v) is 3.08. The van der Waals surface area contributed by atoms with Crippen LogP contribution in [0.25, 0.3) is 0 Å². The quantitative estimate of drug-likeness (QED) is 0.255. The van der Waals surface area contributed by atoms with Crippen LogP contribution in [0.15, 0.2) is 65.6 Å². The molecule has 0 fully saturated rings. The summed E-state index contributed by atoms with van der Waals surface area (Å²) in [7, 11) is 1.90. The van der Waals surface area contributed by atoms with Crippen LogP contribution in [-0.2, 0) is 0 Å². The van der Waals surface area contributed by atoms with Crippen molar-refractivity contribution in [3.8, 4) is 0 Å². The van der Waals surface area contributed by atoms with Gasteiger partial charge in [-0.05, 0) is 30.6 Å². The predicted molar refractivity (Wildman–Crippen MR) is 93.6 cm³/mol. The summed E-state index contributed by atoms with van der Waals surface area (Å²) in [5.41, 5.74) is 8.98. The molecule has 0 unspecified atom stereocenters. The lowest BCUT2D eigenvalue weighted by molar-refractivity contribution is 0.625. The van der Waals surface area contributed by atoms with Crippen LogP contribution >= 0.6 is 12.2 Å². The van der Waals surface area contributed by atoms with Gasteiger partial charge in [0.15, 0.2) is 0 Å². The van der Waals surface area contributed by atoms with E-state index in [4.69, 9.17) is 18.0 Å². The molecule has 0 spiro atoms. The summed E-state index contributed by atoms with van der Waals surface area (Å²) in [4.78, 5) is 6.23. The molecule has 0 saturated carbocycles. The van der Waals surface area contributed by atoms with Crippen LogP contribution in [0, 0.1) is 0 Å². The highest BCUT2D eigenvalue weighted by molar-refractivity contribution is 7.79. The van der Waals surface area contributed by atoms with Crippen molar-refractivity contribution >= 4 is 23.4 Å². The fourth-order valence-corrected chi connectivity index (χ4v) is 1.41. The second kappa shape index (κ2) is 8.27. The molecule has 0 aliphatic carbocycles. The first kappa shape index (κ1) is 18.1. The number of likely N-dealkylation sites (N-methyl/N-ethyl adjacent to an activating group) is 1. The maximum Gasteiger partial charge on any atom is 0.106 e. The van der Waals surface area contributed by atoms with Crippen LogP contribution < -0.4 is 5.73 Å². The highest BCUT2D eigenvalue weighted by Gasteiger charge is 2.11. The predicted octanol–water partition coefficient (Wildman–Crippen LogP) is 3.73. The summed E-state index contributed by atoms with van der Waals surface area (Å²) in [6.07, 6.45) is 2.70. The van der Waals surface area contributed by atoms with Crippen molar-refractivity contribution in [2.45, 2.75) is 20.3 Å². The zero-order chi connectivity index (χ0) is 15.9. The molecule has 0 aliphatic rings. The Bertz CT molecular complexity index is 510. The van der Waals surface area contributed by atoms with Gasteiger partial charge in [0.05, 0.1) is 5.70 Å². The first-order valence-corrected chi connectivity index (χ1v) is 6.68. The third-order valence-electron chi connectivity index (χ3n) is 2.78. The number of rotatable bonds is 7. The van der Waals surface area contributed by atoms with Gasteiger partial charge in [-0.2, -0.15) is 0 Å². The molecule has 108 valence electrons. The molecule has 0 atom stereocenters. The molecule has 0 aromatic carbocycles. The van der Waals surface area contributed by atoms with Crippen molar-refractivity contribution in [3.63, 3.8) is 0 Å². The number of nitrogens with zero attached hydrogens (tertiary/aromatic N) is 2. The van der Waals surface area contributed by atoms with Crippen LogP contribution in [0.5, 0.6) is 0 Å². The van der Waals surface area contributed by atoms with E-state index in [1.165, 1.54) is 5.37 Å². The summed E-state index contributed by atoms with van der Waals surface area (Å²) < 4.78 is 0. The molecule has 0 aromatic heterocycles. The average Bonchev–Trinajstić information content (AvgIpc) is 2.42. The van der Waals surface area contributed by atoms with Crippen LogP contribution in [0.4, 0.5) is 0 Å². The number of thiocarbonyl (C=S) groups is 1.